The summed E-state index contributed by atoms with van der Waals surface area (Å²) in [6.45, 7) is -0.824. The molecule has 0 aliphatic rings. The number of aromatic nitrogens is 6. The first-order chi connectivity index (χ1) is 19.8. The van der Waals surface area contributed by atoms with Crippen LogP contribution >= 0.6 is 11.6 Å². The number of fused-ring (bicyclic) bond motifs is 1. The highest BCUT2D eigenvalue weighted by Crippen LogP contribution is 2.30. The molecule has 10 nitrogen and oxygen atoms in total. The van der Waals surface area contributed by atoms with Crippen LogP contribution in [-0.4, -0.2) is 41.7 Å². The van der Waals surface area contributed by atoms with Crippen molar-refractivity contribution in [3.8, 4) is 11.4 Å². The Morgan fingerprint density at radius 3 is 2.50 bits per heavy atom. The number of alkyl halides is 3. The minimum Gasteiger partial charge on any atom is -0.484 e. The minimum absolute atomic E-state index is 0.0476. The number of rotatable bonds is 7. The number of benzene rings is 2. The standard InChI is InChI=1S/C26H19ClF5N7O3/c1-13-3-16(9-33-8-13)39-24(40)35-23(34-21-5-14-10-37(2)36-20(14)6-17(21)27)38(25(39)41)11-15-4-18(28)19(29)7-22(15)42-12-26(30,31)32/h3-10H,11-12H2,1-2H3,(H,34,35,40). The lowest BCUT2D eigenvalue weighted by atomic mass is 10.2. The van der Waals surface area contributed by atoms with E-state index in [0.29, 0.717) is 33.2 Å². The van der Waals surface area contributed by atoms with E-state index < -0.39 is 54.0 Å². The zero-order valence-electron chi connectivity index (χ0n) is 21.7. The van der Waals surface area contributed by atoms with Gasteiger partial charge in [0.25, 0.3) is 0 Å². The summed E-state index contributed by atoms with van der Waals surface area (Å²) in [4.78, 5) is 34.8. The van der Waals surface area contributed by atoms with Crippen LogP contribution in [0.4, 0.5) is 33.6 Å². The molecule has 3 heterocycles. The number of nitrogens with one attached hydrogen (secondary N) is 1. The number of aryl methyl sites for hydroxylation is 2. The fraction of sp³-hybridized carbons (Fsp3) is 0.192. The largest absolute Gasteiger partial charge is 0.484 e. The zero-order valence-corrected chi connectivity index (χ0v) is 22.5. The van der Waals surface area contributed by atoms with Gasteiger partial charge in [-0.1, -0.05) is 11.6 Å². The van der Waals surface area contributed by atoms with E-state index in [-0.39, 0.29) is 22.0 Å². The van der Waals surface area contributed by atoms with Crippen LogP contribution in [0.5, 0.6) is 5.75 Å². The van der Waals surface area contributed by atoms with Crippen molar-refractivity contribution in [1.29, 1.82) is 0 Å². The number of anilines is 2. The minimum atomic E-state index is -4.79. The highest BCUT2D eigenvalue weighted by Gasteiger charge is 2.29. The third-order valence-electron chi connectivity index (χ3n) is 5.97. The number of nitrogens with zero attached hydrogens (tertiary/aromatic N) is 6. The Hall–Kier alpha value is -4.79. The Bertz CT molecular complexity index is 1950. The first-order valence-corrected chi connectivity index (χ1v) is 12.4. The van der Waals surface area contributed by atoms with E-state index in [0.717, 1.165) is 4.57 Å². The quantitative estimate of drug-likeness (QED) is 0.268. The van der Waals surface area contributed by atoms with Crippen LogP contribution in [0.1, 0.15) is 11.1 Å². The van der Waals surface area contributed by atoms with Gasteiger partial charge in [0.15, 0.2) is 18.2 Å². The summed E-state index contributed by atoms with van der Waals surface area (Å²) in [6, 6.07) is 5.62. The van der Waals surface area contributed by atoms with Crippen molar-refractivity contribution in [3.05, 3.63) is 97.7 Å². The second kappa shape index (κ2) is 10.9. The second-order valence-corrected chi connectivity index (χ2v) is 9.65. The molecule has 0 atom stereocenters. The van der Waals surface area contributed by atoms with Gasteiger partial charge in [0.2, 0.25) is 5.95 Å². The molecule has 0 bridgehead atoms. The van der Waals surface area contributed by atoms with Gasteiger partial charge in [-0.25, -0.2) is 22.9 Å². The van der Waals surface area contributed by atoms with Gasteiger partial charge in [0.1, 0.15) is 5.75 Å². The molecule has 0 aliphatic heterocycles. The molecule has 0 fully saturated rings. The smallest absolute Gasteiger partial charge is 0.422 e. The number of hydrogen-bond acceptors (Lipinski definition) is 7. The number of ether oxygens (including phenoxy) is 1. The van der Waals surface area contributed by atoms with Crippen molar-refractivity contribution in [3.63, 3.8) is 0 Å². The first-order valence-electron chi connectivity index (χ1n) is 12.0. The zero-order chi connectivity index (χ0) is 30.3. The van der Waals surface area contributed by atoms with Gasteiger partial charge in [0, 0.05) is 36.5 Å². The van der Waals surface area contributed by atoms with Gasteiger partial charge in [-0.05, 0) is 36.8 Å². The van der Waals surface area contributed by atoms with Crippen LogP contribution in [0.3, 0.4) is 0 Å². The van der Waals surface area contributed by atoms with E-state index in [4.69, 9.17) is 16.3 Å². The van der Waals surface area contributed by atoms with Crippen molar-refractivity contribution < 1.29 is 26.7 Å². The van der Waals surface area contributed by atoms with Crippen molar-refractivity contribution >= 4 is 34.1 Å². The summed E-state index contributed by atoms with van der Waals surface area (Å²) in [5.74, 6) is -3.93. The predicted molar refractivity (Wildman–Crippen MR) is 143 cm³/mol. The second-order valence-electron chi connectivity index (χ2n) is 9.24. The third kappa shape index (κ3) is 5.95. The Labute approximate surface area is 237 Å². The Morgan fingerprint density at radius 1 is 1.05 bits per heavy atom. The Morgan fingerprint density at radius 2 is 1.79 bits per heavy atom. The van der Waals surface area contributed by atoms with Gasteiger partial charge in [-0.15, -0.1) is 0 Å². The van der Waals surface area contributed by atoms with Crippen LogP contribution in [0, 0.1) is 18.6 Å². The van der Waals surface area contributed by atoms with E-state index in [1.54, 1.807) is 30.9 Å². The SMILES string of the molecule is Cc1cncc(-n2c(=O)nc(Nc3cc4cn(C)nc4cc3Cl)n(Cc3cc(F)c(F)cc3OCC(F)(F)F)c2=O)c1. The topological polar surface area (TPSA) is 109 Å². The lowest BCUT2D eigenvalue weighted by molar-refractivity contribution is -0.153. The molecular weight excluding hydrogens is 589 g/mol. The molecule has 0 spiro atoms. The van der Waals surface area contributed by atoms with E-state index in [2.05, 4.69) is 20.4 Å². The monoisotopic (exact) mass is 607 g/mol. The summed E-state index contributed by atoms with van der Waals surface area (Å²) in [5.41, 5.74) is -0.982. The maximum absolute atomic E-state index is 14.3. The molecule has 42 heavy (non-hydrogen) atoms. The molecule has 0 amide bonds. The lowest BCUT2D eigenvalue weighted by Gasteiger charge is -2.18. The van der Waals surface area contributed by atoms with Gasteiger partial charge < -0.3 is 10.1 Å². The van der Waals surface area contributed by atoms with Gasteiger partial charge in [0.05, 0.1) is 34.7 Å². The summed E-state index contributed by atoms with van der Waals surface area (Å²) in [6.07, 6.45) is -0.387. The molecular formula is C26H19ClF5N7O3. The van der Waals surface area contributed by atoms with Gasteiger partial charge in [-0.2, -0.15) is 23.3 Å². The fourth-order valence-electron chi connectivity index (χ4n) is 4.16. The molecule has 5 aromatic rings. The number of halogens is 6. The molecule has 0 unspecified atom stereocenters. The van der Waals surface area contributed by atoms with Crippen LogP contribution in [0.2, 0.25) is 5.02 Å². The van der Waals surface area contributed by atoms with Crippen LogP contribution < -0.4 is 21.4 Å². The summed E-state index contributed by atoms with van der Waals surface area (Å²) in [5, 5.41) is 7.83. The van der Waals surface area contributed by atoms with E-state index >= 15 is 0 Å². The van der Waals surface area contributed by atoms with E-state index in [1.807, 2.05) is 0 Å². The van der Waals surface area contributed by atoms with Crippen molar-refractivity contribution in [1.82, 2.24) is 28.9 Å². The molecule has 3 aromatic heterocycles. The van der Waals surface area contributed by atoms with Gasteiger partial charge >= 0.3 is 17.6 Å². The molecule has 218 valence electrons. The Kier molecular flexibility index (Phi) is 7.45. The van der Waals surface area contributed by atoms with Crippen LogP contribution in [0.25, 0.3) is 16.6 Å². The third-order valence-corrected chi connectivity index (χ3v) is 6.28. The molecule has 16 heteroatoms. The summed E-state index contributed by atoms with van der Waals surface area (Å²) in [7, 11) is 1.69. The van der Waals surface area contributed by atoms with Crippen molar-refractivity contribution in [2.45, 2.75) is 19.6 Å². The van der Waals surface area contributed by atoms with E-state index in [1.165, 1.54) is 24.5 Å². The maximum atomic E-state index is 14.3. The van der Waals surface area contributed by atoms with Crippen molar-refractivity contribution in [2.75, 3.05) is 11.9 Å². The normalized spacial score (nSPS) is 11.7. The first kappa shape index (κ1) is 28.7. The molecule has 2 aromatic carbocycles. The van der Waals surface area contributed by atoms with Crippen LogP contribution in [0.15, 0.2) is 58.5 Å². The van der Waals surface area contributed by atoms with E-state index in [9.17, 15) is 31.5 Å². The fourth-order valence-corrected chi connectivity index (χ4v) is 4.36. The molecule has 0 saturated carbocycles. The summed E-state index contributed by atoms with van der Waals surface area (Å²) >= 11 is 6.41. The lowest BCUT2D eigenvalue weighted by Crippen LogP contribution is -2.42. The average Bonchev–Trinajstić information content (AvgIpc) is 3.25. The molecule has 1 N–H and O–H groups in total. The average molecular weight is 608 g/mol. The van der Waals surface area contributed by atoms with Gasteiger partial charge in [-0.3, -0.25) is 14.2 Å². The highest BCUT2D eigenvalue weighted by atomic mass is 35.5. The predicted octanol–water partition coefficient (Wildman–Crippen LogP) is 4.65. The highest BCUT2D eigenvalue weighted by molar-refractivity contribution is 6.34. The number of pyridine rings is 1. The summed E-state index contributed by atoms with van der Waals surface area (Å²) < 4.78 is 74.8. The maximum Gasteiger partial charge on any atom is 0.422 e. The van der Waals surface area contributed by atoms with Crippen LogP contribution in [-0.2, 0) is 13.6 Å². The Balaban J connectivity index is 1.69. The molecule has 0 aliphatic carbocycles. The number of hydrogen-bond donors (Lipinski definition) is 1. The molecule has 0 saturated heterocycles. The molecule has 0 radical (unpaired) electrons. The van der Waals surface area contributed by atoms with Crippen molar-refractivity contribution in [2.24, 2.45) is 7.05 Å². The molecule has 5 rings (SSSR count).